The van der Waals surface area contributed by atoms with Gasteiger partial charge in [0, 0.05) is 24.1 Å². The van der Waals surface area contributed by atoms with Gasteiger partial charge >= 0.3 is 5.69 Å². The molecule has 0 saturated carbocycles. The summed E-state index contributed by atoms with van der Waals surface area (Å²) in [6.45, 7) is 0. The van der Waals surface area contributed by atoms with Crippen molar-refractivity contribution in [3.63, 3.8) is 0 Å². The number of methoxy groups -OCH3 is 1. The van der Waals surface area contributed by atoms with Gasteiger partial charge in [-0.05, 0) is 18.2 Å². The Morgan fingerprint density at radius 3 is 2.80 bits per heavy atom. The Labute approximate surface area is 150 Å². The number of fused-ring (bicyclic) bond motifs is 1. The lowest BCUT2D eigenvalue weighted by Crippen LogP contribution is -2.29. The topological polar surface area (TPSA) is 106 Å². The number of H-pyrrole nitrogens is 1. The van der Waals surface area contributed by atoms with Crippen LogP contribution in [0.3, 0.4) is 0 Å². The molecule has 0 atom stereocenters. The predicted octanol–water partition coefficient (Wildman–Crippen LogP) is 1.18. The first-order valence-corrected chi connectivity index (χ1v) is 8.00. The maximum absolute atomic E-state index is 12.0. The molecule has 2 aromatic heterocycles. The van der Waals surface area contributed by atoms with E-state index >= 15 is 0 Å². The third kappa shape index (κ3) is 3.07. The van der Waals surface area contributed by atoms with Crippen LogP contribution < -0.4 is 21.4 Å². The van der Waals surface area contributed by atoms with Gasteiger partial charge in [-0.3, -0.25) is 14.3 Å². The maximum atomic E-state index is 12.0. The van der Waals surface area contributed by atoms with Crippen LogP contribution in [0, 0.1) is 0 Å². The average molecular weight is 407 g/mol. The van der Waals surface area contributed by atoms with Crippen LogP contribution in [0.4, 0.5) is 5.95 Å². The number of aromatic nitrogens is 4. The zero-order valence-electron chi connectivity index (χ0n) is 13.7. The molecule has 0 amide bonds. The third-order valence-corrected chi connectivity index (χ3v) is 4.19. The van der Waals surface area contributed by atoms with E-state index < -0.39 is 11.2 Å². The Balaban J connectivity index is 1.97. The van der Waals surface area contributed by atoms with E-state index in [1.54, 1.807) is 20.4 Å². The quantitative estimate of drug-likeness (QED) is 0.499. The lowest BCUT2D eigenvalue weighted by Gasteiger charge is -2.05. The Hall–Kier alpha value is -2.88. The maximum Gasteiger partial charge on any atom is 0.329 e. The molecule has 2 heterocycles. The molecule has 0 radical (unpaired) electrons. The highest BCUT2D eigenvalue weighted by atomic mass is 79.9. The molecular weight excluding hydrogens is 392 g/mol. The van der Waals surface area contributed by atoms with Crippen LogP contribution in [0.25, 0.3) is 11.2 Å². The number of imidazole rings is 1. The summed E-state index contributed by atoms with van der Waals surface area (Å²) in [4.78, 5) is 30.2. The van der Waals surface area contributed by atoms with Gasteiger partial charge < -0.3 is 9.30 Å². The highest BCUT2D eigenvalue weighted by molar-refractivity contribution is 9.10. The molecule has 3 rings (SSSR count). The first-order valence-electron chi connectivity index (χ1n) is 7.20. The second-order valence-corrected chi connectivity index (χ2v) is 6.16. The summed E-state index contributed by atoms with van der Waals surface area (Å²) in [5.41, 5.74) is 3.06. The van der Waals surface area contributed by atoms with E-state index in [1.165, 1.54) is 16.2 Å². The number of halogens is 1. The first kappa shape index (κ1) is 17.0. The number of hydrazone groups is 1. The summed E-state index contributed by atoms with van der Waals surface area (Å²) in [6.07, 6.45) is 1.58. The summed E-state index contributed by atoms with van der Waals surface area (Å²) in [7, 11) is 4.77. The molecule has 0 aliphatic carbocycles. The van der Waals surface area contributed by atoms with Gasteiger partial charge in [0.2, 0.25) is 5.95 Å². The van der Waals surface area contributed by atoms with Gasteiger partial charge in [-0.25, -0.2) is 10.2 Å². The van der Waals surface area contributed by atoms with Crippen LogP contribution >= 0.6 is 15.9 Å². The van der Waals surface area contributed by atoms with Crippen LogP contribution in [-0.2, 0) is 14.1 Å². The molecular formula is C15H15BrN6O3. The van der Waals surface area contributed by atoms with Gasteiger partial charge in [0.15, 0.2) is 11.2 Å². The van der Waals surface area contributed by atoms with Crippen LogP contribution in [0.5, 0.6) is 5.75 Å². The van der Waals surface area contributed by atoms with Crippen molar-refractivity contribution in [1.82, 2.24) is 19.1 Å². The van der Waals surface area contributed by atoms with Crippen LogP contribution in [0.15, 0.2) is 37.4 Å². The lowest BCUT2D eigenvalue weighted by molar-refractivity contribution is 0.414. The van der Waals surface area contributed by atoms with Crippen LogP contribution in [0.1, 0.15) is 5.56 Å². The SMILES string of the molecule is COc1ccc(Br)cc1C=NNc1nc2c(c(=O)[nH]c(=O)n2C)n1C. The minimum atomic E-state index is -0.524. The van der Waals surface area contributed by atoms with E-state index in [1.807, 2.05) is 18.2 Å². The molecule has 0 saturated heterocycles. The third-order valence-electron chi connectivity index (χ3n) is 3.69. The fourth-order valence-corrected chi connectivity index (χ4v) is 2.75. The highest BCUT2D eigenvalue weighted by Gasteiger charge is 2.14. The lowest BCUT2D eigenvalue weighted by atomic mass is 10.2. The number of anilines is 1. The molecule has 0 unspecified atom stereocenters. The molecule has 0 spiro atoms. The van der Waals surface area contributed by atoms with Crippen molar-refractivity contribution in [2.45, 2.75) is 0 Å². The largest absolute Gasteiger partial charge is 0.496 e. The molecule has 9 nitrogen and oxygen atoms in total. The van der Waals surface area contributed by atoms with Gasteiger partial charge in [-0.15, -0.1) is 0 Å². The number of aromatic amines is 1. The van der Waals surface area contributed by atoms with Crippen molar-refractivity contribution < 1.29 is 4.74 Å². The van der Waals surface area contributed by atoms with E-state index in [-0.39, 0.29) is 11.2 Å². The molecule has 25 heavy (non-hydrogen) atoms. The Bertz CT molecular complexity index is 1100. The average Bonchev–Trinajstić information content (AvgIpc) is 2.90. The van der Waals surface area contributed by atoms with Gasteiger partial charge in [-0.2, -0.15) is 10.1 Å². The number of hydrogen-bond acceptors (Lipinski definition) is 6. The molecule has 0 aliphatic heterocycles. The van der Waals surface area contributed by atoms with Crippen LogP contribution in [-0.4, -0.2) is 32.4 Å². The number of aryl methyl sites for hydroxylation is 2. The number of nitrogens with one attached hydrogen (secondary N) is 2. The summed E-state index contributed by atoms with van der Waals surface area (Å²) in [5, 5.41) is 4.14. The fraction of sp³-hybridized carbons (Fsp3) is 0.200. The predicted molar refractivity (Wildman–Crippen MR) is 98.5 cm³/mol. The fourth-order valence-electron chi connectivity index (χ4n) is 2.37. The molecule has 3 aromatic rings. The van der Waals surface area contributed by atoms with E-state index in [2.05, 4.69) is 36.4 Å². The Kier molecular flexibility index (Phi) is 4.45. The van der Waals surface area contributed by atoms with Crippen molar-refractivity contribution in [3.05, 3.63) is 49.1 Å². The highest BCUT2D eigenvalue weighted by Crippen LogP contribution is 2.21. The zero-order chi connectivity index (χ0) is 18.1. The first-order chi connectivity index (χ1) is 11.9. The van der Waals surface area contributed by atoms with Crippen molar-refractivity contribution in [3.8, 4) is 5.75 Å². The van der Waals surface area contributed by atoms with Gasteiger partial charge in [-0.1, -0.05) is 15.9 Å². The monoisotopic (exact) mass is 406 g/mol. The minimum absolute atomic E-state index is 0.272. The Morgan fingerprint density at radius 2 is 2.08 bits per heavy atom. The molecule has 2 N–H and O–H groups in total. The second kappa shape index (κ2) is 6.55. The molecule has 0 fully saturated rings. The van der Waals surface area contributed by atoms with Crippen molar-refractivity contribution >= 4 is 39.3 Å². The minimum Gasteiger partial charge on any atom is -0.496 e. The summed E-state index contributed by atoms with van der Waals surface area (Å²) < 4.78 is 8.96. The van der Waals surface area contributed by atoms with Gasteiger partial charge in [0.25, 0.3) is 5.56 Å². The molecule has 130 valence electrons. The number of hydrogen-bond donors (Lipinski definition) is 2. The normalized spacial score (nSPS) is 11.4. The summed E-state index contributed by atoms with van der Waals surface area (Å²) in [6, 6.07) is 5.53. The second-order valence-electron chi connectivity index (χ2n) is 5.24. The molecule has 0 aliphatic rings. The van der Waals surface area contributed by atoms with Gasteiger partial charge in [0.05, 0.1) is 13.3 Å². The van der Waals surface area contributed by atoms with Gasteiger partial charge in [0.1, 0.15) is 5.75 Å². The molecule has 1 aromatic carbocycles. The smallest absolute Gasteiger partial charge is 0.329 e. The van der Waals surface area contributed by atoms with E-state index in [0.717, 1.165) is 10.0 Å². The number of nitrogens with zero attached hydrogens (tertiary/aromatic N) is 4. The Morgan fingerprint density at radius 1 is 1.32 bits per heavy atom. The standard InChI is InChI=1S/C15H15BrN6O3/c1-21-11-12(22(2)15(24)19-13(11)23)18-14(21)20-17-7-8-6-9(16)4-5-10(8)25-3/h4-7H,1-3H3,(H,18,20)(H,19,23,24). The van der Waals surface area contributed by atoms with E-state index in [4.69, 9.17) is 4.74 Å². The molecule has 0 bridgehead atoms. The number of rotatable bonds is 4. The van der Waals surface area contributed by atoms with E-state index in [0.29, 0.717) is 11.7 Å². The summed E-state index contributed by atoms with van der Waals surface area (Å²) in [5.74, 6) is 0.990. The number of ether oxygens (including phenoxy) is 1. The number of benzene rings is 1. The summed E-state index contributed by atoms with van der Waals surface area (Å²) >= 11 is 3.40. The van der Waals surface area contributed by atoms with Crippen molar-refractivity contribution in [2.75, 3.05) is 12.5 Å². The van der Waals surface area contributed by atoms with Crippen LogP contribution in [0.2, 0.25) is 0 Å². The van der Waals surface area contributed by atoms with Crippen molar-refractivity contribution in [2.24, 2.45) is 19.2 Å². The molecule has 10 heteroatoms. The zero-order valence-corrected chi connectivity index (χ0v) is 15.3. The van der Waals surface area contributed by atoms with E-state index in [9.17, 15) is 9.59 Å². The van der Waals surface area contributed by atoms with Crippen molar-refractivity contribution in [1.29, 1.82) is 0 Å².